The van der Waals surface area contributed by atoms with Gasteiger partial charge in [0.1, 0.15) is 22.9 Å². The smallest absolute Gasteiger partial charge is 0.269 e. The van der Waals surface area contributed by atoms with Crippen LogP contribution < -0.4 is 14.4 Å². The lowest BCUT2D eigenvalue weighted by Gasteiger charge is -2.34. The Morgan fingerprint density at radius 3 is 1.57 bits per heavy atom. The number of azo groups is 2. The summed E-state index contributed by atoms with van der Waals surface area (Å²) in [6, 6.07) is 16.9. The standard InChI is InChI=1S/C25H28N6O4/c1-25(2,3)30(4)19-11-7-17(8-12-19)26-28-21-15-24(35-6)22(16-23(21)34-5)29-27-18-9-13-20(14-10-18)31(32)33/h7-16H,1-6H3. The molecule has 0 unspecified atom stereocenters. The van der Waals surface area contributed by atoms with Gasteiger partial charge in [0.25, 0.3) is 5.69 Å². The minimum atomic E-state index is -0.471. The lowest BCUT2D eigenvalue weighted by Crippen LogP contribution is -2.37. The van der Waals surface area contributed by atoms with Crippen molar-refractivity contribution >= 4 is 34.1 Å². The van der Waals surface area contributed by atoms with Gasteiger partial charge in [-0.05, 0) is 57.2 Å². The lowest BCUT2D eigenvalue weighted by atomic mass is 10.1. The molecule has 0 aliphatic rings. The summed E-state index contributed by atoms with van der Waals surface area (Å²) in [7, 11) is 5.08. The van der Waals surface area contributed by atoms with Crippen LogP contribution in [-0.2, 0) is 0 Å². The molecule has 10 heteroatoms. The molecule has 0 aromatic heterocycles. The summed E-state index contributed by atoms with van der Waals surface area (Å²) in [5.74, 6) is 0.865. The van der Waals surface area contributed by atoms with Crippen LogP contribution in [0.1, 0.15) is 20.8 Å². The van der Waals surface area contributed by atoms with Crippen LogP contribution in [-0.4, -0.2) is 31.7 Å². The maximum absolute atomic E-state index is 10.8. The van der Waals surface area contributed by atoms with Gasteiger partial charge in [-0.1, -0.05) is 0 Å². The van der Waals surface area contributed by atoms with E-state index >= 15 is 0 Å². The molecule has 0 N–H and O–H groups in total. The molecule has 0 heterocycles. The van der Waals surface area contributed by atoms with E-state index in [0.29, 0.717) is 34.2 Å². The molecule has 0 saturated carbocycles. The van der Waals surface area contributed by atoms with Gasteiger partial charge >= 0.3 is 0 Å². The highest BCUT2D eigenvalue weighted by molar-refractivity contribution is 5.66. The Hall–Kier alpha value is -4.34. The molecular formula is C25H28N6O4. The molecule has 0 bridgehead atoms. The van der Waals surface area contributed by atoms with Crippen LogP contribution in [0.2, 0.25) is 0 Å². The first-order valence-electron chi connectivity index (χ1n) is 10.8. The Labute approximate surface area is 204 Å². The molecule has 0 fully saturated rings. The zero-order valence-corrected chi connectivity index (χ0v) is 20.6. The van der Waals surface area contributed by atoms with Gasteiger partial charge in [0.15, 0.2) is 0 Å². The molecule has 35 heavy (non-hydrogen) atoms. The molecule has 0 aliphatic heterocycles. The summed E-state index contributed by atoms with van der Waals surface area (Å²) >= 11 is 0. The summed E-state index contributed by atoms with van der Waals surface area (Å²) in [4.78, 5) is 12.5. The van der Waals surface area contributed by atoms with Crippen molar-refractivity contribution in [1.29, 1.82) is 0 Å². The summed E-state index contributed by atoms with van der Waals surface area (Å²) < 4.78 is 10.9. The van der Waals surface area contributed by atoms with Gasteiger partial charge in [-0.2, -0.15) is 10.2 Å². The van der Waals surface area contributed by atoms with Crippen LogP contribution in [0.15, 0.2) is 81.1 Å². The molecule has 3 rings (SSSR count). The first kappa shape index (κ1) is 25.3. The third-order valence-electron chi connectivity index (χ3n) is 5.33. The molecule has 10 nitrogen and oxygen atoms in total. The molecule has 182 valence electrons. The fourth-order valence-electron chi connectivity index (χ4n) is 3.02. The second kappa shape index (κ2) is 10.7. The molecule has 0 atom stereocenters. The fraction of sp³-hybridized carbons (Fsp3) is 0.280. The Kier molecular flexibility index (Phi) is 7.75. The van der Waals surface area contributed by atoms with Crippen LogP contribution in [0.4, 0.5) is 34.1 Å². The fourth-order valence-corrected chi connectivity index (χ4v) is 3.02. The van der Waals surface area contributed by atoms with E-state index < -0.39 is 4.92 Å². The van der Waals surface area contributed by atoms with E-state index in [-0.39, 0.29) is 11.2 Å². The summed E-state index contributed by atoms with van der Waals surface area (Å²) in [5, 5.41) is 27.8. The van der Waals surface area contributed by atoms with E-state index in [9.17, 15) is 10.1 Å². The summed E-state index contributed by atoms with van der Waals surface area (Å²) in [6.07, 6.45) is 0. The molecule has 3 aromatic carbocycles. The topological polar surface area (TPSA) is 114 Å². The van der Waals surface area contributed by atoms with E-state index in [1.54, 1.807) is 12.1 Å². The Balaban J connectivity index is 1.83. The van der Waals surface area contributed by atoms with Gasteiger partial charge in [-0.25, -0.2) is 0 Å². The zero-order chi connectivity index (χ0) is 25.6. The van der Waals surface area contributed by atoms with E-state index in [4.69, 9.17) is 9.47 Å². The number of hydrogen-bond acceptors (Lipinski definition) is 9. The van der Waals surface area contributed by atoms with Crippen molar-refractivity contribution in [2.24, 2.45) is 20.5 Å². The quantitative estimate of drug-likeness (QED) is 0.188. The Morgan fingerprint density at radius 2 is 1.20 bits per heavy atom. The zero-order valence-electron chi connectivity index (χ0n) is 20.6. The number of nitro groups is 1. The van der Waals surface area contributed by atoms with Crippen molar-refractivity contribution in [3.05, 3.63) is 70.8 Å². The average Bonchev–Trinajstić information content (AvgIpc) is 2.85. The van der Waals surface area contributed by atoms with Gasteiger partial charge in [0, 0.05) is 42.5 Å². The minimum Gasteiger partial charge on any atom is -0.494 e. The SMILES string of the molecule is COc1cc(N=Nc2ccc([N+](=O)[O-])cc2)c(OC)cc1N=Nc1ccc(N(C)C(C)(C)C)cc1. The molecule has 0 radical (unpaired) electrons. The normalized spacial score (nSPS) is 11.7. The number of rotatable bonds is 8. The number of methoxy groups -OCH3 is 2. The molecule has 0 amide bonds. The van der Waals surface area contributed by atoms with Crippen molar-refractivity contribution in [3.8, 4) is 11.5 Å². The molecule has 3 aromatic rings. The maximum atomic E-state index is 10.8. The van der Waals surface area contributed by atoms with Crippen molar-refractivity contribution in [1.82, 2.24) is 0 Å². The number of nitro benzene ring substituents is 1. The van der Waals surface area contributed by atoms with E-state index in [2.05, 4.69) is 46.1 Å². The summed E-state index contributed by atoms with van der Waals surface area (Å²) in [6.45, 7) is 6.44. The monoisotopic (exact) mass is 476 g/mol. The number of anilines is 1. The second-order valence-electron chi connectivity index (χ2n) is 8.62. The van der Waals surface area contributed by atoms with Gasteiger partial charge in [-0.3, -0.25) is 10.1 Å². The van der Waals surface area contributed by atoms with Crippen molar-refractivity contribution in [2.75, 3.05) is 26.2 Å². The maximum Gasteiger partial charge on any atom is 0.269 e. The number of benzene rings is 3. The molecule has 0 aliphatic carbocycles. The highest BCUT2D eigenvalue weighted by Crippen LogP contribution is 2.41. The van der Waals surface area contributed by atoms with Gasteiger partial charge < -0.3 is 14.4 Å². The first-order chi connectivity index (χ1) is 16.6. The number of non-ortho nitro benzene ring substituents is 1. The van der Waals surface area contributed by atoms with Gasteiger partial charge in [0.2, 0.25) is 0 Å². The highest BCUT2D eigenvalue weighted by Gasteiger charge is 2.17. The van der Waals surface area contributed by atoms with Crippen molar-refractivity contribution in [3.63, 3.8) is 0 Å². The summed E-state index contributed by atoms with van der Waals surface area (Å²) in [5.41, 5.74) is 3.10. The number of ether oxygens (including phenoxy) is 2. The van der Waals surface area contributed by atoms with Crippen LogP contribution in [0.5, 0.6) is 11.5 Å². The van der Waals surface area contributed by atoms with Crippen LogP contribution in [0.3, 0.4) is 0 Å². The Morgan fingerprint density at radius 1 is 0.771 bits per heavy atom. The predicted molar refractivity (Wildman–Crippen MR) is 136 cm³/mol. The second-order valence-corrected chi connectivity index (χ2v) is 8.62. The molecular weight excluding hydrogens is 448 g/mol. The average molecular weight is 477 g/mol. The number of hydrogen-bond donors (Lipinski definition) is 0. The minimum absolute atomic E-state index is 0.00448. The number of nitrogens with zero attached hydrogens (tertiary/aromatic N) is 6. The van der Waals surface area contributed by atoms with E-state index in [0.717, 1.165) is 5.69 Å². The van der Waals surface area contributed by atoms with Crippen LogP contribution in [0.25, 0.3) is 0 Å². The van der Waals surface area contributed by atoms with Gasteiger partial charge in [0.05, 0.1) is 30.5 Å². The lowest BCUT2D eigenvalue weighted by molar-refractivity contribution is -0.384. The largest absolute Gasteiger partial charge is 0.494 e. The first-order valence-corrected chi connectivity index (χ1v) is 10.8. The molecule has 0 saturated heterocycles. The molecule has 0 spiro atoms. The van der Waals surface area contributed by atoms with Crippen molar-refractivity contribution < 1.29 is 14.4 Å². The third-order valence-corrected chi connectivity index (χ3v) is 5.33. The van der Waals surface area contributed by atoms with E-state index in [1.165, 1.54) is 38.5 Å². The van der Waals surface area contributed by atoms with Gasteiger partial charge in [-0.15, -0.1) is 10.2 Å². The van der Waals surface area contributed by atoms with E-state index in [1.807, 2.05) is 31.3 Å². The van der Waals surface area contributed by atoms with Crippen LogP contribution in [0, 0.1) is 10.1 Å². The third kappa shape index (κ3) is 6.38. The predicted octanol–water partition coefficient (Wildman–Crippen LogP) is 7.68. The van der Waals surface area contributed by atoms with Crippen LogP contribution >= 0.6 is 0 Å². The Bertz CT molecular complexity index is 1230. The highest BCUT2D eigenvalue weighted by atomic mass is 16.6. The van der Waals surface area contributed by atoms with Crippen molar-refractivity contribution in [2.45, 2.75) is 26.3 Å².